The van der Waals surface area contributed by atoms with Gasteiger partial charge in [0.25, 0.3) is 0 Å². The summed E-state index contributed by atoms with van der Waals surface area (Å²) in [5, 5.41) is 9.22. The van der Waals surface area contributed by atoms with Gasteiger partial charge in [-0.05, 0) is 32.4 Å². The van der Waals surface area contributed by atoms with Crippen molar-refractivity contribution in [1.82, 2.24) is 4.98 Å². The first-order valence-electron chi connectivity index (χ1n) is 8.62. The fourth-order valence-electron chi connectivity index (χ4n) is 2.85. The number of carbonyl (C=O) groups excluding carboxylic acids is 1. The molecule has 1 heterocycles. The van der Waals surface area contributed by atoms with Crippen LogP contribution in [0.5, 0.6) is 0 Å². The van der Waals surface area contributed by atoms with E-state index in [9.17, 15) is 9.18 Å². The van der Waals surface area contributed by atoms with Crippen molar-refractivity contribution in [2.45, 2.75) is 34.6 Å². The van der Waals surface area contributed by atoms with Crippen molar-refractivity contribution in [2.75, 3.05) is 0 Å². The molecule has 0 unspecified atom stereocenters. The van der Waals surface area contributed by atoms with Crippen molar-refractivity contribution in [1.29, 1.82) is 0 Å². The Labute approximate surface area is 178 Å². The number of halogens is 1. The fourth-order valence-corrected chi connectivity index (χ4v) is 2.85. The number of aryl methyl sites for hydroxylation is 3. The Hall–Kier alpha value is -2.36. The molecule has 0 saturated heterocycles. The fraction of sp³-hybridized carbons (Fsp3) is 0.217. The normalized spacial score (nSPS) is 10.7. The van der Waals surface area contributed by atoms with Gasteiger partial charge in [-0.1, -0.05) is 32.0 Å². The minimum absolute atomic E-state index is 0. The number of ketones is 1. The largest absolute Gasteiger partial charge is 0.512 e. The number of allylic oxidation sites excluding steroid dienone is 2. The molecule has 5 heteroatoms. The maximum absolute atomic E-state index is 14.6. The molecule has 1 N–H and O–H groups in total. The van der Waals surface area contributed by atoms with Crippen LogP contribution < -0.4 is 0 Å². The Morgan fingerprint density at radius 1 is 1.14 bits per heavy atom. The molecule has 28 heavy (non-hydrogen) atoms. The smallest absolute Gasteiger partial charge is 0.155 e. The zero-order chi connectivity index (χ0) is 20.1. The van der Waals surface area contributed by atoms with Crippen molar-refractivity contribution in [3.63, 3.8) is 0 Å². The topological polar surface area (TPSA) is 50.2 Å². The Morgan fingerprint density at radius 2 is 1.79 bits per heavy atom. The predicted octanol–water partition coefficient (Wildman–Crippen LogP) is 5.80. The van der Waals surface area contributed by atoms with E-state index in [1.807, 2.05) is 50.2 Å². The summed E-state index contributed by atoms with van der Waals surface area (Å²) in [4.78, 5) is 14.5. The van der Waals surface area contributed by atoms with Gasteiger partial charge in [0.2, 0.25) is 0 Å². The second kappa shape index (κ2) is 10.3. The van der Waals surface area contributed by atoms with Crippen molar-refractivity contribution in [3.8, 4) is 11.3 Å². The van der Waals surface area contributed by atoms with Crippen LogP contribution in [0.4, 0.5) is 4.39 Å². The third-order valence-electron chi connectivity index (χ3n) is 3.89. The van der Waals surface area contributed by atoms with Crippen molar-refractivity contribution in [2.24, 2.45) is 0 Å². The predicted molar refractivity (Wildman–Crippen MR) is 107 cm³/mol. The van der Waals surface area contributed by atoms with Gasteiger partial charge in [-0.25, -0.2) is 4.39 Å². The van der Waals surface area contributed by atoms with Gasteiger partial charge in [-0.2, -0.15) is 0 Å². The molecule has 149 valence electrons. The minimum atomic E-state index is -0.259. The number of rotatable bonds is 2. The van der Waals surface area contributed by atoms with E-state index >= 15 is 0 Å². The summed E-state index contributed by atoms with van der Waals surface area (Å²) in [6.07, 6.45) is 1.17. The van der Waals surface area contributed by atoms with Crippen molar-refractivity contribution in [3.05, 3.63) is 76.8 Å². The zero-order valence-corrected chi connectivity index (χ0v) is 19.0. The van der Waals surface area contributed by atoms with Gasteiger partial charge >= 0.3 is 0 Å². The number of para-hydroxylation sites is 1. The van der Waals surface area contributed by atoms with E-state index < -0.39 is 0 Å². The molecular weight excluding hydrogens is 533 g/mol. The number of aliphatic hydroxyl groups is 1. The summed E-state index contributed by atoms with van der Waals surface area (Å²) < 4.78 is 14.6. The third kappa shape index (κ3) is 6.08. The van der Waals surface area contributed by atoms with Crippen LogP contribution in [0.15, 0.2) is 48.2 Å². The quantitative estimate of drug-likeness (QED) is 0.247. The van der Waals surface area contributed by atoms with Gasteiger partial charge in [0.15, 0.2) is 5.78 Å². The molecular formula is C23H23FIrNO2-. The second-order valence-electron chi connectivity index (χ2n) is 6.57. The minimum Gasteiger partial charge on any atom is -0.512 e. The van der Waals surface area contributed by atoms with Gasteiger partial charge < -0.3 is 5.11 Å². The number of carbonyl (C=O) groups is 1. The standard InChI is InChI=1S/C18H15FN.C5H8O2.Ir/c1-11-8-12(2)10-14(9-11)18-17(19)13(3)15-6-4-5-7-16(15)20-18;1-4(6)3-5(2)7;/h4-9H,1-3H3;3,6H,1-2H3;/q-1;;/b;4-3-;. The number of aromatic nitrogens is 1. The number of hydrogen-bond acceptors (Lipinski definition) is 3. The molecule has 0 bridgehead atoms. The van der Waals surface area contributed by atoms with E-state index in [-0.39, 0.29) is 37.5 Å². The number of hydrogen-bond donors (Lipinski definition) is 1. The number of nitrogens with zero attached hydrogens (tertiary/aromatic N) is 1. The first kappa shape index (κ1) is 23.7. The Balaban J connectivity index is 0.000000425. The summed E-state index contributed by atoms with van der Waals surface area (Å²) in [5.74, 6) is -0.322. The molecule has 0 atom stereocenters. The molecule has 0 aliphatic carbocycles. The van der Waals surface area contributed by atoms with Crippen LogP contribution in [-0.4, -0.2) is 15.9 Å². The van der Waals surface area contributed by atoms with Gasteiger partial charge in [-0.3, -0.25) is 9.78 Å². The van der Waals surface area contributed by atoms with E-state index in [1.165, 1.54) is 19.9 Å². The van der Waals surface area contributed by atoms with E-state index in [2.05, 4.69) is 11.1 Å². The van der Waals surface area contributed by atoms with E-state index in [1.54, 1.807) is 6.92 Å². The number of aliphatic hydroxyl groups excluding tert-OH is 1. The number of fused-ring (bicyclic) bond motifs is 1. The molecule has 3 rings (SSSR count). The molecule has 0 amide bonds. The van der Waals surface area contributed by atoms with E-state index in [4.69, 9.17) is 5.11 Å². The molecule has 1 aromatic heterocycles. The SMILES string of the molecule is CC(=O)/C=C(/C)O.Cc1[c-]c(-c2nc3ccccc3c(C)c2F)cc(C)c1.[Ir]. The monoisotopic (exact) mass is 557 g/mol. The van der Waals surface area contributed by atoms with Crippen LogP contribution in [-0.2, 0) is 24.9 Å². The van der Waals surface area contributed by atoms with E-state index in [0.717, 1.165) is 22.0 Å². The molecule has 3 aromatic rings. The summed E-state index contributed by atoms with van der Waals surface area (Å²) >= 11 is 0. The zero-order valence-electron chi connectivity index (χ0n) is 16.6. The molecule has 0 spiro atoms. The number of benzene rings is 2. The molecule has 3 nitrogen and oxygen atoms in total. The van der Waals surface area contributed by atoms with Crippen LogP contribution in [0.3, 0.4) is 0 Å². The molecule has 0 fully saturated rings. The third-order valence-corrected chi connectivity index (χ3v) is 3.89. The summed E-state index contributed by atoms with van der Waals surface area (Å²) in [6.45, 7) is 8.60. The maximum atomic E-state index is 14.6. The van der Waals surface area contributed by atoms with Gasteiger partial charge in [0.05, 0.1) is 11.3 Å². The van der Waals surface area contributed by atoms with Gasteiger partial charge in [-0.15, -0.1) is 34.9 Å². The summed E-state index contributed by atoms with van der Waals surface area (Å²) in [7, 11) is 0. The summed E-state index contributed by atoms with van der Waals surface area (Å²) in [6, 6.07) is 14.8. The van der Waals surface area contributed by atoms with Crippen LogP contribution >= 0.6 is 0 Å². The van der Waals surface area contributed by atoms with Crippen molar-refractivity contribution >= 4 is 16.7 Å². The Morgan fingerprint density at radius 3 is 2.32 bits per heavy atom. The second-order valence-corrected chi connectivity index (χ2v) is 6.57. The average Bonchev–Trinajstić information content (AvgIpc) is 2.56. The molecule has 1 radical (unpaired) electrons. The first-order chi connectivity index (χ1) is 12.7. The van der Waals surface area contributed by atoms with Crippen molar-refractivity contribution < 1.29 is 34.4 Å². The maximum Gasteiger partial charge on any atom is 0.155 e. The molecule has 2 aromatic carbocycles. The summed E-state index contributed by atoms with van der Waals surface area (Å²) in [5.41, 5.74) is 4.63. The van der Waals surface area contributed by atoms with Crippen LogP contribution in [0.1, 0.15) is 30.5 Å². The van der Waals surface area contributed by atoms with Crippen LogP contribution in [0.2, 0.25) is 0 Å². The average molecular weight is 557 g/mol. The Kier molecular flexibility index (Phi) is 8.67. The first-order valence-corrected chi connectivity index (χ1v) is 8.62. The van der Waals surface area contributed by atoms with Crippen LogP contribution in [0, 0.1) is 32.7 Å². The van der Waals surface area contributed by atoms with Crippen LogP contribution in [0.25, 0.3) is 22.2 Å². The van der Waals surface area contributed by atoms with E-state index in [0.29, 0.717) is 16.8 Å². The molecule has 0 saturated carbocycles. The molecule has 0 aliphatic rings. The van der Waals surface area contributed by atoms with Gasteiger partial charge in [0, 0.05) is 37.3 Å². The van der Waals surface area contributed by atoms with Gasteiger partial charge in [0.1, 0.15) is 5.82 Å². The Bertz CT molecular complexity index is 1000. The molecule has 0 aliphatic heterocycles. The number of pyridine rings is 1.